The van der Waals surface area contributed by atoms with Crippen LogP contribution < -0.4 is 10.9 Å². The molecule has 0 spiro atoms. The molecule has 100 valence electrons. The van der Waals surface area contributed by atoms with Gasteiger partial charge in [0.25, 0.3) is 5.56 Å². The van der Waals surface area contributed by atoms with Crippen LogP contribution in [0.1, 0.15) is 18.5 Å². The Bertz CT molecular complexity index is 647. The average Bonchev–Trinajstić information content (AvgIpc) is 2.89. The smallest absolute Gasteiger partial charge is 0.260 e. The lowest BCUT2D eigenvalue weighted by Gasteiger charge is -2.08. The number of hydrogen-bond donors (Lipinski definition) is 1. The minimum absolute atomic E-state index is 0.345. The minimum Gasteiger partial charge on any atom is -0.316 e. The molecule has 1 atom stereocenters. The van der Waals surface area contributed by atoms with Crippen molar-refractivity contribution in [3.8, 4) is 0 Å². The van der Waals surface area contributed by atoms with Gasteiger partial charge in [-0.15, -0.1) is 0 Å². The molecule has 5 heteroatoms. The highest BCUT2D eigenvalue weighted by molar-refractivity contribution is 5.38. The SMILES string of the molecule is O=c1cc(CCC2CCNC2)nc2cccc(F)n12. The van der Waals surface area contributed by atoms with Gasteiger partial charge in [-0.25, -0.2) is 9.38 Å². The number of rotatable bonds is 3. The van der Waals surface area contributed by atoms with E-state index >= 15 is 0 Å². The third-order valence-electron chi connectivity index (χ3n) is 3.66. The maximum Gasteiger partial charge on any atom is 0.260 e. The lowest BCUT2D eigenvalue weighted by molar-refractivity contribution is 0.527. The number of pyridine rings is 1. The normalized spacial score (nSPS) is 19.1. The summed E-state index contributed by atoms with van der Waals surface area (Å²) in [6.07, 6.45) is 2.97. The molecule has 3 heterocycles. The molecule has 0 saturated carbocycles. The quantitative estimate of drug-likeness (QED) is 0.849. The number of nitrogens with one attached hydrogen (secondary N) is 1. The Morgan fingerprint density at radius 1 is 1.47 bits per heavy atom. The first kappa shape index (κ1) is 12.3. The van der Waals surface area contributed by atoms with E-state index in [0.29, 0.717) is 11.6 Å². The highest BCUT2D eigenvalue weighted by Crippen LogP contribution is 2.15. The maximum atomic E-state index is 13.5. The van der Waals surface area contributed by atoms with E-state index in [9.17, 15) is 9.18 Å². The summed E-state index contributed by atoms with van der Waals surface area (Å²) in [4.78, 5) is 16.2. The van der Waals surface area contributed by atoms with E-state index in [1.54, 1.807) is 12.1 Å². The van der Waals surface area contributed by atoms with Crippen molar-refractivity contribution in [1.29, 1.82) is 0 Å². The van der Waals surface area contributed by atoms with Crippen molar-refractivity contribution in [3.05, 3.63) is 46.3 Å². The zero-order valence-electron chi connectivity index (χ0n) is 10.6. The molecular formula is C14H16FN3O. The number of halogens is 1. The van der Waals surface area contributed by atoms with Gasteiger partial charge < -0.3 is 5.32 Å². The van der Waals surface area contributed by atoms with E-state index in [2.05, 4.69) is 10.3 Å². The standard InChI is InChI=1S/C14H16FN3O/c15-12-2-1-3-13-17-11(8-14(19)18(12)13)5-4-10-6-7-16-9-10/h1-3,8,10,16H,4-7,9H2. The van der Waals surface area contributed by atoms with Crippen LogP contribution in [0, 0.1) is 11.9 Å². The number of aromatic nitrogens is 2. The van der Waals surface area contributed by atoms with Crippen LogP contribution >= 0.6 is 0 Å². The van der Waals surface area contributed by atoms with Crippen molar-refractivity contribution in [3.63, 3.8) is 0 Å². The Kier molecular flexibility index (Phi) is 3.29. The van der Waals surface area contributed by atoms with Gasteiger partial charge in [0.05, 0.1) is 0 Å². The molecule has 0 aromatic carbocycles. The molecule has 2 aromatic rings. The van der Waals surface area contributed by atoms with Gasteiger partial charge in [0.2, 0.25) is 5.95 Å². The lowest BCUT2D eigenvalue weighted by atomic mass is 10.0. The molecule has 4 nitrogen and oxygen atoms in total. The molecule has 1 fully saturated rings. The van der Waals surface area contributed by atoms with Crippen molar-refractivity contribution in [2.45, 2.75) is 19.3 Å². The van der Waals surface area contributed by atoms with Gasteiger partial charge in [0.15, 0.2) is 0 Å². The second-order valence-corrected chi connectivity index (χ2v) is 5.03. The Morgan fingerprint density at radius 2 is 2.37 bits per heavy atom. The molecule has 1 aliphatic rings. The summed E-state index contributed by atoms with van der Waals surface area (Å²) >= 11 is 0. The van der Waals surface area contributed by atoms with E-state index in [1.807, 2.05) is 0 Å². The summed E-state index contributed by atoms with van der Waals surface area (Å²) in [5.74, 6) is 0.0919. The van der Waals surface area contributed by atoms with Gasteiger partial charge in [-0.1, -0.05) is 6.07 Å². The molecule has 0 amide bonds. The van der Waals surface area contributed by atoms with Gasteiger partial charge in [0, 0.05) is 11.8 Å². The predicted molar refractivity (Wildman–Crippen MR) is 70.7 cm³/mol. The molecule has 0 aliphatic carbocycles. The molecule has 2 aromatic heterocycles. The summed E-state index contributed by atoms with van der Waals surface area (Å²) in [5, 5.41) is 3.32. The van der Waals surface area contributed by atoms with E-state index in [-0.39, 0.29) is 5.56 Å². The van der Waals surface area contributed by atoms with Crippen LogP contribution in [0.5, 0.6) is 0 Å². The van der Waals surface area contributed by atoms with Gasteiger partial charge in [-0.2, -0.15) is 4.39 Å². The monoisotopic (exact) mass is 261 g/mol. The highest BCUT2D eigenvalue weighted by atomic mass is 19.1. The summed E-state index contributed by atoms with van der Waals surface area (Å²) in [6.45, 7) is 2.12. The van der Waals surface area contributed by atoms with Gasteiger partial charge >= 0.3 is 0 Å². The van der Waals surface area contributed by atoms with Crippen LogP contribution in [-0.4, -0.2) is 22.5 Å². The first-order valence-corrected chi connectivity index (χ1v) is 6.62. The van der Waals surface area contributed by atoms with Crippen LogP contribution in [0.15, 0.2) is 29.1 Å². The van der Waals surface area contributed by atoms with Crippen molar-refractivity contribution in [2.24, 2.45) is 5.92 Å². The number of nitrogens with zero attached hydrogens (tertiary/aromatic N) is 2. The van der Waals surface area contributed by atoms with Crippen LogP contribution in [0.3, 0.4) is 0 Å². The topological polar surface area (TPSA) is 46.4 Å². The fourth-order valence-electron chi connectivity index (χ4n) is 2.60. The molecular weight excluding hydrogens is 245 g/mol. The molecule has 19 heavy (non-hydrogen) atoms. The zero-order chi connectivity index (χ0) is 13.2. The van der Waals surface area contributed by atoms with E-state index in [1.165, 1.54) is 18.6 Å². The first-order valence-electron chi connectivity index (χ1n) is 6.62. The third kappa shape index (κ3) is 2.51. The van der Waals surface area contributed by atoms with Crippen molar-refractivity contribution in [2.75, 3.05) is 13.1 Å². The Labute approximate surface area is 110 Å². The molecule has 1 unspecified atom stereocenters. The summed E-state index contributed by atoms with van der Waals surface area (Å²) in [6, 6.07) is 5.94. The van der Waals surface area contributed by atoms with E-state index in [4.69, 9.17) is 0 Å². The second-order valence-electron chi connectivity index (χ2n) is 5.03. The van der Waals surface area contributed by atoms with Crippen LogP contribution in [0.25, 0.3) is 5.65 Å². The summed E-state index contributed by atoms with van der Waals surface area (Å²) in [5.41, 5.74) is 0.789. The first-order chi connectivity index (χ1) is 9.24. The zero-order valence-corrected chi connectivity index (χ0v) is 10.6. The Morgan fingerprint density at radius 3 is 3.16 bits per heavy atom. The minimum atomic E-state index is -0.568. The number of hydrogen-bond acceptors (Lipinski definition) is 3. The fraction of sp³-hybridized carbons (Fsp3) is 0.429. The van der Waals surface area contributed by atoms with Crippen molar-refractivity contribution < 1.29 is 4.39 Å². The number of aryl methyl sites for hydroxylation is 1. The molecule has 0 bridgehead atoms. The van der Waals surface area contributed by atoms with Crippen molar-refractivity contribution >= 4 is 5.65 Å². The molecule has 1 saturated heterocycles. The fourth-order valence-corrected chi connectivity index (χ4v) is 2.60. The summed E-state index contributed by atoms with van der Waals surface area (Å²) in [7, 11) is 0. The van der Waals surface area contributed by atoms with Gasteiger partial charge in [-0.3, -0.25) is 4.79 Å². The molecule has 1 N–H and O–H groups in total. The highest BCUT2D eigenvalue weighted by Gasteiger charge is 2.15. The Hall–Kier alpha value is -1.75. The maximum absolute atomic E-state index is 13.5. The summed E-state index contributed by atoms with van der Waals surface area (Å²) < 4.78 is 14.5. The predicted octanol–water partition coefficient (Wildman–Crippen LogP) is 1.38. The number of fused-ring (bicyclic) bond motifs is 1. The lowest BCUT2D eigenvalue weighted by Crippen LogP contribution is -2.18. The van der Waals surface area contributed by atoms with Crippen LogP contribution in [-0.2, 0) is 6.42 Å². The van der Waals surface area contributed by atoms with Crippen LogP contribution in [0.2, 0.25) is 0 Å². The van der Waals surface area contributed by atoms with E-state index < -0.39 is 5.95 Å². The molecule has 3 rings (SSSR count). The third-order valence-corrected chi connectivity index (χ3v) is 3.66. The van der Waals surface area contributed by atoms with Crippen LogP contribution in [0.4, 0.5) is 4.39 Å². The molecule has 1 aliphatic heterocycles. The van der Waals surface area contributed by atoms with Gasteiger partial charge in [0.1, 0.15) is 5.65 Å². The molecule has 0 radical (unpaired) electrons. The van der Waals surface area contributed by atoms with Crippen molar-refractivity contribution in [1.82, 2.24) is 14.7 Å². The Balaban J connectivity index is 1.86. The van der Waals surface area contributed by atoms with E-state index in [0.717, 1.165) is 36.0 Å². The average molecular weight is 261 g/mol. The van der Waals surface area contributed by atoms with Gasteiger partial charge in [-0.05, 0) is 50.4 Å². The second kappa shape index (κ2) is 5.09. The largest absolute Gasteiger partial charge is 0.316 e.